The summed E-state index contributed by atoms with van der Waals surface area (Å²) in [5.74, 6) is 2.62. The van der Waals surface area contributed by atoms with Gasteiger partial charge in [-0.3, -0.25) is 4.99 Å². The summed E-state index contributed by atoms with van der Waals surface area (Å²) in [6.07, 6.45) is 3.22. The monoisotopic (exact) mass is 347 g/mol. The number of hydrogen-bond donors (Lipinski definition) is 1. The van der Waals surface area contributed by atoms with Gasteiger partial charge in [-0.1, -0.05) is 19.9 Å². The van der Waals surface area contributed by atoms with Gasteiger partial charge < -0.3 is 19.7 Å². The Bertz CT molecular complexity index is 584. The lowest BCUT2D eigenvalue weighted by molar-refractivity contribution is 0.354. The topological polar surface area (TPSA) is 46.1 Å². The first-order chi connectivity index (χ1) is 12.0. The molecule has 0 aliphatic carbocycles. The lowest BCUT2D eigenvalue weighted by Crippen LogP contribution is -2.40. The van der Waals surface area contributed by atoms with Crippen LogP contribution in [0.2, 0.25) is 0 Å². The average Bonchev–Trinajstić information content (AvgIpc) is 2.97. The molecule has 1 heterocycles. The van der Waals surface area contributed by atoms with E-state index < -0.39 is 0 Å². The summed E-state index contributed by atoms with van der Waals surface area (Å²) in [6, 6.07) is 6.11. The highest BCUT2D eigenvalue weighted by Gasteiger charge is 2.30. The zero-order valence-electron chi connectivity index (χ0n) is 16.4. The predicted molar refractivity (Wildman–Crippen MR) is 104 cm³/mol. The average molecular weight is 348 g/mol. The fourth-order valence-corrected chi connectivity index (χ4v) is 3.22. The van der Waals surface area contributed by atoms with Crippen molar-refractivity contribution in [3.8, 4) is 11.5 Å². The van der Waals surface area contributed by atoms with Crippen LogP contribution < -0.4 is 14.8 Å². The Morgan fingerprint density at radius 1 is 1.24 bits per heavy atom. The Morgan fingerprint density at radius 2 is 2.00 bits per heavy atom. The number of aryl methyl sites for hydroxylation is 1. The number of methoxy groups -OCH3 is 2. The number of guanidine groups is 1. The molecule has 1 aromatic rings. The van der Waals surface area contributed by atoms with Crippen LogP contribution in [0.1, 0.15) is 39.2 Å². The van der Waals surface area contributed by atoms with E-state index in [1.165, 1.54) is 12.0 Å². The molecule has 140 valence electrons. The number of aliphatic imine (C=N–C) groups is 1. The lowest BCUT2D eigenvalue weighted by atomic mass is 9.93. The summed E-state index contributed by atoms with van der Waals surface area (Å²) < 4.78 is 10.7. The van der Waals surface area contributed by atoms with Crippen molar-refractivity contribution in [2.75, 3.05) is 40.4 Å². The first-order valence-electron chi connectivity index (χ1n) is 9.23. The molecule has 1 aliphatic rings. The molecule has 0 amide bonds. The molecule has 25 heavy (non-hydrogen) atoms. The van der Waals surface area contributed by atoms with E-state index in [2.05, 4.69) is 43.1 Å². The summed E-state index contributed by atoms with van der Waals surface area (Å²) in [7, 11) is 3.33. The third kappa shape index (κ3) is 5.55. The van der Waals surface area contributed by atoms with Crippen molar-refractivity contribution in [2.45, 2.75) is 40.0 Å². The third-order valence-electron chi connectivity index (χ3n) is 4.64. The van der Waals surface area contributed by atoms with Crippen LogP contribution in [0.3, 0.4) is 0 Å². The number of ether oxygens (including phenoxy) is 2. The van der Waals surface area contributed by atoms with E-state index in [0.717, 1.165) is 56.5 Å². The predicted octanol–water partition coefficient (Wildman–Crippen LogP) is 3.33. The fraction of sp³-hybridized carbons (Fsp3) is 0.650. The van der Waals surface area contributed by atoms with E-state index in [1.54, 1.807) is 14.2 Å². The molecule has 1 fully saturated rings. The lowest BCUT2D eigenvalue weighted by Gasteiger charge is -2.23. The number of nitrogens with zero attached hydrogens (tertiary/aromatic N) is 2. The maximum Gasteiger partial charge on any atom is 0.193 e. The molecular weight excluding hydrogens is 314 g/mol. The molecule has 1 aromatic carbocycles. The van der Waals surface area contributed by atoms with E-state index in [1.807, 2.05) is 6.07 Å². The van der Waals surface area contributed by atoms with E-state index in [9.17, 15) is 0 Å². The van der Waals surface area contributed by atoms with Crippen LogP contribution in [0, 0.1) is 5.41 Å². The van der Waals surface area contributed by atoms with Gasteiger partial charge >= 0.3 is 0 Å². The molecule has 2 rings (SSSR count). The Hall–Kier alpha value is -1.91. The highest BCUT2D eigenvalue weighted by atomic mass is 16.5. The van der Waals surface area contributed by atoms with Crippen molar-refractivity contribution in [3.05, 3.63) is 23.8 Å². The Labute approximate surface area is 152 Å². The molecular formula is C20H33N3O2. The van der Waals surface area contributed by atoms with E-state index in [-0.39, 0.29) is 0 Å². The molecule has 5 nitrogen and oxygen atoms in total. The first-order valence-corrected chi connectivity index (χ1v) is 9.23. The summed E-state index contributed by atoms with van der Waals surface area (Å²) >= 11 is 0. The molecule has 0 spiro atoms. The van der Waals surface area contributed by atoms with Crippen molar-refractivity contribution in [1.29, 1.82) is 0 Å². The zero-order chi connectivity index (χ0) is 18.3. The van der Waals surface area contributed by atoms with Crippen molar-refractivity contribution in [3.63, 3.8) is 0 Å². The van der Waals surface area contributed by atoms with Gasteiger partial charge in [-0.15, -0.1) is 0 Å². The van der Waals surface area contributed by atoms with Crippen LogP contribution in [-0.2, 0) is 6.42 Å². The smallest absolute Gasteiger partial charge is 0.193 e. The SMILES string of the molecule is CCNC(=NCCCc1ccc(OC)c(OC)c1)N1CCC(C)(C)C1. The Kier molecular flexibility index (Phi) is 6.97. The van der Waals surface area contributed by atoms with Gasteiger partial charge in [0.15, 0.2) is 17.5 Å². The van der Waals surface area contributed by atoms with Crippen LogP contribution in [0.5, 0.6) is 11.5 Å². The molecule has 0 radical (unpaired) electrons. The second-order valence-electron chi connectivity index (χ2n) is 7.36. The molecule has 0 atom stereocenters. The van der Waals surface area contributed by atoms with Gasteiger partial charge in [0.2, 0.25) is 0 Å². The van der Waals surface area contributed by atoms with Gasteiger partial charge in [-0.25, -0.2) is 0 Å². The normalized spacial score (nSPS) is 16.8. The summed E-state index contributed by atoms with van der Waals surface area (Å²) in [4.78, 5) is 7.22. The van der Waals surface area contributed by atoms with Gasteiger partial charge in [0.1, 0.15) is 0 Å². The zero-order valence-corrected chi connectivity index (χ0v) is 16.4. The molecule has 1 saturated heterocycles. The molecule has 1 N–H and O–H groups in total. The van der Waals surface area contributed by atoms with Gasteiger partial charge in [-0.05, 0) is 49.3 Å². The van der Waals surface area contributed by atoms with Gasteiger partial charge in [0, 0.05) is 26.2 Å². The number of rotatable bonds is 7. The number of likely N-dealkylation sites (tertiary alicyclic amines) is 1. The minimum atomic E-state index is 0.385. The highest BCUT2D eigenvalue weighted by molar-refractivity contribution is 5.80. The maximum absolute atomic E-state index is 5.37. The van der Waals surface area contributed by atoms with Crippen LogP contribution in [0.4, 0.5) is 0 Å². The largest absolute Gasteiger partial charge is 0.493 e. The molecule has 5 heteroatoms. The minimum Gasteiger partial charge on any atom is -0.493 e. The van der Waals surface area contributed by atoms with Crippen molar-refractivity contribution >= 4 is 5.96 Å². The van der Waals surface area contributed by atoms with Gasteiger partial charge in [0.25, 0.3) is 0 Å². The minimum absolute atomic E-state index is 0.385. The van der Waals surface area contributed by atoms with Crippen LogP contribution in [0.25, 0.3) is 0 Å². The van der Waals surface area contributed by atoms with Gasteiger partial charge in [-0.2, -0.15) is 0 Å². The summed E-state index contributed by atoms with van der Waals surface area (Å²) in [6.45, 7) is 10.7. The van der Waals surface area contributed by atoms with Crippen molar-refractivity contribution < 1.29 is 9.47 Å². The van der Waals surface area contributed by atoms with Crippen LogP contribution >= 0.6 is 0 Å². The molecule has 1 aliphatic heterocycles. The van der Waals surface area contributed by atoms with E-state index >= 15 is 0 Å². The van der Waals surface area contributed by atoms with E-state index in [4.69, 9.17) is 14.5 Å². The second-order valence-corrected chi connectivity index (χ2v) is 7.36. The fourth-order valence-electron chi connectivity index (χ4n) is 3.22. The summed E-state index contributed by atoms with van der Waals surface area (Å²) in [5.41, 5.74) is 1.63. The number of hydrogen-bond acceptors (Lipinski definition) is 3. The third-order valence-corrected chi connectivity index (χ3v) is 4.64. The number of nitrogens with one attached hydrogen (secondary N) is 1. The Morgan fingerprint density at radius 3 is 2.60 bits per heavy atom. The Balaban J connectivity index is 1.90. The molecule has 0 aromatic heterocycles. The highest BCUT2D eigenvalue weighted by Crippen LogP contribution is 2.29. The molecule has 0 saturated carbocycles. The van der Waals surface area contributed by atoms with Crippen molar-refractivity contribution in [2.24, 2.45) is 10.4 Å². The molecule has 0 bridgehead atoms. The van der Waals surface area contributed by atoms with Gasteiger partial charge in [0.05, 0.1) is 14.2 Å². The van der Waals surface area contributed by atoms with Crippen molar-refractivity contribution in [1.82, 2.24) is 10.2 Å². The van der Waals surface area contributed by atoms with Crippen LogP contribution in [0.15, 0.2) is 23.2 Å². The molecule has 0 unspecified atom stereocenters. The second kappa shape index (κ2) is 8.97. The van der Waals surface area contributed by atoms with Crippen LogP contribution in [-0.4, -0.2) is 51.3 Å². The quantitative estimate of drug-likeness (QED) is 0.467. The number of benzene rings is 1. The van der Waals surface area contributed by atoms with E-state index in [0.29, 0.717) is 5.41 Å². The standard InChI is InChI=1S/C20H33N3O2/c1-6-21-19(23-13-11-20(2,3)15-23)22-12-7-8-16-9-10-17(24-4)18(14-16)25-5/h9-10,14H,6-8,11-13,15H2,1-5H3,(H,21,22). The summed E-state index contributed by atoms with van der Waals surface area (Å²) in [5, 5.41) is 3.43. The first kappa shape index (κ1) is 19.4. The maximum atomic E-state index is 5.37.